The van der Waals surface area contributed by atoms with Crippen molar-refractivity contribution in [1.29, 1.82) is 5.26 Å². The highest BCUT2D eigenvalue weighted by atomic mass is 14.8. The van der Waals surface area contributed by atoms with E-state index in [0.29, 0.717) is 11.4 Å². The second-order valence-corrected chi connectivity index (χ2v) is 3.16. The van der Waals surface area contributed by atoms with Crippen LogP contribution in [0.5, 0.6) is 0 Å². The normalized spacial score (nSPS) is 9.53. The maximum absolute atomic E-state index is 8.66. The van der Waals surface area contributed by atoms with Crippen LogP contribution in [0.4, 0.5) is 5.82 Å². The van der Waals surface area contributed by atoms with Crippen molar-refractivity contribution in [1.82, 2.24) is 4.98 Å². The summed E-state index contributed by atoms with van der Waals surface area (Å²) in [5.74, 6) is 0.497. The van der Waals surface area contributed by atoms with Gasteiger partial charge in [0.15, 0.2) is 0 Å². The Morgan fingerprint density at radius 2 is 1.80 bits per heavy atom. The second kappa shape index (κ2) is 3.81. The molecule has 2 aromatic rings. The lowest BCUT2D eigenvalue weighted by molar-refractivity contribution is 1.34. The van der Waals surface area contributed by atoms with Gasteiger partial charge in [-0.15, -0.1) is 0 Å². The molecule has 0 aliphatic heterocycles. The van der Waals surface area contributed by atoms with E-state index in [2.05, 4.69) is 11.1 Å². The molecule has 0 amide bonds. The van der Waals surface area contributed by atoms with Crippen LogP contribution in [0.15, 0.2) is 42.6 Å². The SMILES string of the molecule is N#Cc1ccc(-c2ccnc(N)c2)cc1. The molecule has 0 aliphatic carbocycles. The Bertz CT molecular complexity index is 509. The van der Waals surface area contributed by atoms with Crippen molar-refractivity contribution in [3.8, 4) is 17.2 Å². The third-order valence-corrected chi connectivity index (χ3v) is 2.13. The summed E-state index contributed by atoms with van der Waals surface area (Å²) in [6.45, 7) is 0. The van der Waals surface area contributed by atoms with E-state index in [4.69, 9.17) is 11.0 Å². The number of rotatable bonds is 1. The molecule has 0 fully saturated rings. The molecule has 72 valence electrons. The molecule has 2 N–H and O–H groups in total. The van der Waals surface area contributed by atoms with Crippen molar-refractivity contribution < 1.29 is 0 Å². The lowest BCUT2D eigenvalue weighted by Crippen LogP contribution is -1.89. The quantitative estimate of drug-likeness (QED) is 0.758. The van der Waals surface area contributed by atoms with Crippen LogP contribution in [0, 0.1) is 11.3 Å². The van der Waals surface area contributed by atoms with E-state index in [0.717, 1.165) is 11.1 Å². The molecule has 0 atom stereocenters. The fraction of sp³-hybridized carbons (Fsp3) is 0. The average molecular weight is 195 g/mol. The number of nitriles is 1. The Balaban J connectivity index is 2.42. The average Bonchev–Trinajstić information content (AvgIpc) is 2.29. The first-order valence-electron chi connectivity index (χ1n) is 4.51. The van der Waals surface area contributed by atoms with Gasteiger partial charge in [-0.3, -0.25) is 0 Å². The van der Waals surface area contributed by atoms with Crippen LogP contribution < -0.4 is 5.73 Å². The molecule has 0 saturated carbocycles. The fourth-order valence-electron chi connectivity index (χ4n) is 1.37. The summed E-state index contributed by atoms with van der Waals surface area (Å²) in [7, 11) is 0. The summed E-state index contributed by atoms with van der Waals surface area (Å²) < 4.78 is 0. The van der Waals surface area contributed by atoms with Gasteiger partial charge in [0.2, 0.25) is 0 Å². The second-order valence-electron chi connectivity index (χ2n) is 3.16. The van der Waals surface area contributed by atoms with Crippen LogP contribution in [0.1, 0.15) is 5.56 Å². The van der Waals surface area contributed by atoms with Gasteiger partial charge >= 0.3 is 0 Å². The van der Waals surface area contributed by atoms with Gasteiger partial charge in [-0.05, 0) is 35.4 Å². The summed E-state index contributed by atoms with van der Waals surface area (Å²) in [5.41, 5.74) is 8.28. The van der Waals surface area contributed by atoms with Crippen LogP contribution in [-0.4, -0.2) is 4.98 Å². The zero-order valence-electron chi connectivity index (χ0n) is 8.01. The first-order chi connectivity index (χ1) is 7.29. The summed E-state index contributed by atoms with van der Waals surface area (Å²) >= 11 is 0. The minimum Gasteiger partial charge on any atom is -0.384 e. The van der Waals surface area contributed by atoms with E-state index >= 15 is 0 Å². The van der Waals surface area contributed by atoms with Crippen LogP contribution in [0.3, 0.4) is 0 Å². The number of hydrogen-bond donors (Lipinski definition) is 1. The molecule has 1 heterocycles. The van der Waals surface area contributed by atoms with Crippen LogP contribution in [-0.2, 0) is 0 Å². The summed E-state index contributed by atoms with van der Waals surface area (Å²) in [6.07, 6.45) is 1.67. The van der Waals surface area contributed by atoms with Gasteiger partial charge in [0.05, 0.1) is 11.6 Å². The Kier molecular flexibility index (Phi) is 2.34. The van der Waals surface area contributed by atoms with Gasteiger partial charge in [0.25, 0.3) is 0 Å². The van der Waals surface area contributed by atoms with E-state index in [9.17, 15) is 0 Å². The molecule has 3 nitrogen and oxygen atoms in total. The molecule has 0 aliphatic rings. The Labute approximate surface area is 87.8 Å². The number of hydrogen-bond acceptors (Lipinski definition) is 3. The summed E-state index contributed by atoms with van der Waals surface area (Å²) in [4.78, 5) is 3.92. The van der Waals surface area contributed by atoms with Crippen molar-refractivity contribution in [2.75, 3.05) is 5.73 Å². The molecule has 1 aromatic carbocycles. The number of nitrogens with zero attached hydrogens (tertiary/aromatic N) is 2. The van der Waals surface area contributed by atoms with Crippen molar-refractivity contribution in [3.63, 3.8) is 0 Å². The highest BCUT2D eigenvalue weighted by Gasteiger charge is 1.98. The van der Waals surface area contributed by atoms with Gasteiger partial charge in [0.1, 0.15) is 5.82 Å². The smallest absolute Gasteiger partial charge is 0.123 e. The number of nitrogen functional groups attached to an aromatic ring is 1. The maximum Gasteiger partial charge on any atom is 0.123 e. The Morgan fingerprint density at radius 3 is 2.40 bits per heavy atom. The summed E-state index contributed by atoms with van der Waals surface area (Å²) in [6, 6.07) is 13.1. The van der Waals surface area contributed by atoms with Gasteiger partial charge in [-0.1, -0.05) is 12.1 Å². The van der Waals surface area contributed by atoms with Crippen LogP contribution in [0.2, 0.25) is 0 Å². The minimum atomic E-state index is 0.497. The van der Waals surface area contributed by atoms with Gasteiger partial charge in [-0.2, -0.15) is 5.26 Å². The highest BCUT2D eigenvalue weighted by Crippen LogP contribution is 2.20. The number of benzene rings is 1. The van der Waals surface area contributed by atoms with Gasteiger partial charge < -0.3 is 5.73 Å². The van der Waals surface area contributed by atoms with Crippen molar-refractivity contribution in [2.45, 2.75) is 0 Å². The molecule has 0 bridgehead atoms. The number of pyridine rings is 1. The van der Waals surface area contributed by atoms with Gasteiger partial charge in [-0.25, -0.2) is 4.98 Å². The van der Waals surface area contributed by atoms with Crippen molar-refractivity contribution in [3.05, 3.63) is 48.2 Å². The highest BCUT2D eigenvalue weighted by molar-refractivity contribution is 5.66. The lowest BCUT2D eigenvalue weighted by atomic mass is 10.1. The molecule has 0 saturated heterocycles. The third-order valence-electron chi connectivity index (χ3n) is 2.13. The van der Waals surface area contributed by atoms with E-state index < -0.39 is 0 Å². The largest absolute Gasteiger partial charge is 0.384 e. The predicted molar refractivity (Wildman–Crippen MR) is 58.8 cm³/mol. The molecular weight excluding hydrogens is 186 g/mol. The van der Waals surface area contributed by atoms with E-state index in [1.165, 1.54) is 0 Å². The molecule has 3 heteroatoms. The summed E-state index contributed by atoms with van der Waals surface area (Å²) in [5, 5.41) is 8.66. The topological polar surface area (TPSA) is 62.7 Å². The number of nitrogens with two attached hydrogens (primary N) is 1. The fourth-order valence-corrected chi connectivity index (χ4v) is 1.37. The standard InChI is InChI=1S/C12H9N3/c13-8-9-1-3-10(4-2-9)11-5-6-15-12(14)7-11/h1-7H,(H2,14,15). The lowest BCUT2D eigenvalue weighted by Gasteiger charge is -2.01. The monoisotopic (exact) mass is 195 g/mol. The molecule has 0 radical (unpaired) electrons. The Morgan fingerprint density at radius 1 is 1.07 bits per heavy atom. The molecule has 2 rings (SSSR count). The van der Waals surface area contributed by atoms with E-state index in [1.807, 2.05) is 18.2 Å². The van der Waals surface area contributed by atoms with E-state index in [1.54, 1.807) is 24.4 Å². The first kappa shape index (κ1) is 9.22. The molecular formula is C12H9N3. The number of anilines is 1. The van der Waals surface area contributed by atoms with Crippen LogP contribution >= 0.6 is 0 Å². The van der Waals surface area contributed by atoms with E-state index in [-0.39, 0.29) is 0 Å². The predicted octanol–water partition coefficient (Wildman–Crippen LogP) is 2.20. The molecule has 15 heavy (non-hydrogen) atoms. The Hall–Kier alpha value is -2.34. The molecule has 0 unspecified atom stereocenters. The molecule has 0 spiro atoms. The van der Waals surface area contributed by atoms with Gasteiger partial charge in [0, 0.05) is 6.20 Å². The first-order valence-corrected chi connectivity index (χ1v) is 4.51. The third kappa shape index (κ3) is 1.94. The zero-order chi connectivity index (χ0) is 10.7. The maximum atomic E-state index is 8.66. The van der Waals surface area contributed by atoms with Crippen molar-refractivity contribution in [2.24, 2.45) is 0 Å². The number of aromatic nitrogens is 1. The zero-order valence-corrected chi connectivity index (χ0v) is 8.01. The van der Waals surface area contributed by atoms with Crippen molar-refractivity contribution >= 4 is 5.82 Å². The molecule has 1 aromatic heterocycles. The van der Waals surface area contributed by atoms with Crippen LogP contribution in [0.25, 0.3) is 11.1 Å². The minimum absolute atomic E-state index is 0.497.